The first-order chi connectivity index (χ1) is 18.0. The van der Waals surface area contributed by atoms with Crippen LogP contribution < -0.4 is 10.9 Å². The van der Waals surface area contributed by atoms with Crippen LogP contribution in [0.2, 0.25) is 5.02 Å². The van der Waals surface area contributed by atoms with Gasteiger partial charge in [0.25, 0.3) is 5.56 Å². The summed E-state index contributed by atoms with van der Waals surface area (Å²) >= 11 is 6.12. The molecule has 38 heavy (non-hydrogen) atoms. The second-order valence-corrected chi connectivity index (χ2v) is 10.7. The van der Waals surface area contributed by atoms with Crippen molar-refractivity contribution in [2.24, 2.45) is 5.92 Å². The van der Waals surface area contributed by atoms with E-state index in [0.29, 0.717) is 27.9 Å². The van der Waals surface area contributed by atoms with Gasteiger partial charge in [0.1, 0.15) is 18.5 Å². The number of halogens is 2. The Hall–Kier alpha value is -3.34. The summed E-state index contributed by atoms with van der Waals surface area (Å²) in [6, 6.07) is 3.55. The first-order valence-corrected chi connectivity index (χ1v) is 12.9. The van der Waals surface area contributed by atoms with Crippen LogP contribution in [-0.4, -0.2) is 37.7 Å². The van der Waals surface area contributed by atoms with Crippen LogP contribution in [0.15, 0.2) is 23.0 Å². The minimum Gasteiger partial charge on any atom is -0.458 e. The summed E-state index contributed by atoms with van der Waals surface area (Å²) in [6.07, 6.45) is 0.437. The van der Waals surface area contributed by atoms with E-state index in [0.717, 1.165) is 12.8 Å². The van der Waals surface area contributed by atoms with Gasteiger partial charge in [-0.3, -0.25) is 9.59 Å². The van der Waals surface area contributed by atoms with Crippen LogP contribution in [0.25, 0.3) is 22.3 Å². The van der Waals surface area contributed by atoms with Gasteiger partial charge in [0.05, 0.1) is 40.1 Å². The number of ether oxygens (including phenoxy) is 1. The molecule has 1 aliphatic carbocycles. The topological polar surface area (TPSA) is 131 Å². The van der Waals surface area contributed by atoms with Crippen molar-refractivity contribution in [1.82, 2.24) is 14.9 Å². The standard InChI is InChI=1S/C27H25ClFN3O6/c1-3-27(37)16-7-20-22-14(9-32(20)25(35)15(16)10-38-26(27)36)21(11(2)30-24(34)23(33)12-4-5-12)13-6-17(28)18(29)8-19(13)31-22/h6-8,11-12,23,33,37H,3-5,9-10H2,1-2H3,(H,30,34)/t11-,23-,27-/m0/s1. The molecule has 11 heteroatoms. The van der Waals surface area contributed by atoms with Crippen molar-refractivity contribution >= 4 is 34.4 Å². The number of nitrogens with zero attached hydrogens (tertiary/aromatic N) is 2. The Bertz CT molecular complexity index is 1620. The minimum absolute atomic E-state index is 0.00107. The fourth-order valence-corrected chi connectivity index (χ4v) is 5.76. The predicted octanol–water partition coefficient (Wildman–Crippen LogP) is 2.82. The molecule has 1 amide bonds. The maximum absolute atomic E-state index is 14.5. The van der Waals surface area contributed by atoms with Crippen LogP contribution in [-0.2, 0) is 33.1 Å². The summed E-state index contributed by atoms with van der Waals surface area (Å²) in [6.45, 7) is 3.18. The molecule has 3 aromatic rings. The second kappa shape index (κ2) is 8.59. The van der Waals surface area contributed by atoms with Crippen LogP contribution in [0.1, 0.15) is 61.4 Å². The van der Waals surface area contributed by atoms with Crippen molar-refractivity contribution in [3.63, 3.8) is 0 Å². The maximum Gasteiger partial charge on any atom is 0.343 e. The molecule has 3 N–H and O–H groups in total. The third-order valence-electron chi connectivity index (χ3n) is 7.90. The minimum atomic E-state index is -1.98. The van der Waals surface area contributed by atoms with Crippen molar-refractivity contribution < 1.29 is 28.9 Å². The molecular formula is C27H25ClFN3O6. The molecule has 4 heterocycles. The average molecular weight is 542 g/mol. The summed E-state index contributed by atoms with van der Waals surface area (Å²) in [5.41, 5.74) is 0.117. The summed E-state index contributed by atoms with van der Waals surface area (Å²) in [5.74, 6) is -2.09. The fourth-order valence-electron chi connectivity index (χ4n) is 5.60. The van der Waals surface area contributed by atoms with E-state index in [2.05, 4.69) is 10.3 Å². The molecule has 1 saturated carbocycles. The maximum atomic E-state index is 14.5. The number of fused-ring (bicyclic) bond motifs is 5. The van der Waals surface area contributed by atoms with Crippen LogP contribution >= 0.6 is 11.6 Å². The molecule has 3 aliphatic rings. The Morgan fingerprint density at radius 3 is 2.74 bits per heavy atom. The Labute approximate surface area is 221 Å². The molecule has 2 aromatic heterocycles. The van der Waals surface area contributed by atoms with Crippen molar-refractivity contribution in [2.75, 3.05) is 0 Å². The molecule has 198 valence electrons. The zero-order valence-corrected chi connectivity index (χ0v) is 21.4. The number of cyclic esters (lactones) is 1. The first kappa shape index (κ1) is 25.0. The van der Waals surface area contributed by atoms with Crippen LogP contribution in [0.5, 0.6) is 0 Å². The lowest BCUT2D eigenvalue weighted by atomic mass is 9.86. The van der Waals surface area contributed by atoms with Gasteiger partial charge in [-0.15, -0.1) is 0 Å². The van der Waals surface area contributed by atoms with E-state index >= 15 is 0 Å². The number of aliphatic hydroxyl groups excluding tert-OH is 1. The molecule has 2 aliphatic heterocycles. The molecule has 0 bridgehead atoms. The van der Waals surface area contributed by atoms with E-state index in [4.69, 9.17) is 16.3 Å². The average Bonchev–Trinajstić information content (AvgIpc) is 3.67. The van der Waals surface area contributed by atoms with Crippen LogP contribution in [0, 0.1) is 11.7 Å². The third-order valence-corrected chi connectivity index (χ3v) is 8.19. The number of carbonyl (C=O) groups excluding carboxylic acids is 2. The Balaban J connectivity index is 1.56. The number of pyridine rings is 2. The molecule has 3 atom stereocenters. The van der Waals surface area contributed by atoms with E-state index in [1.165, 1.54) is 16.7 Å². The van der Waals surface area contributed by atoms with E-state index < -0.39 is 41.0 Å². The zero-order chi connectivity index (χ0) is 27.1. The number of amides is 1. The number of benzene rings is 1. The van der Waals surface area contributed by atoms with Gasteiger partial charge in [0.2, 0.25) is 5.91 Å². The smallest absolute Gasteiger partial charge is 0.343 e. The SMILES string of the molecule is CC[C@@]1(O)C(=O)OCc2c1cc1n(c2=O)Cc2c-1nc1cc(F)c(Cl)cc1c2[C@H](C)NC(=O)[C@@H](O)C1CC1. The van der Waals surface area contributed by atoms with Crippen LogP contribution in [0.4, 0.5) is 4.39 Å². The lowest BCUT2D eigenvalue weighted by Crippen LogP contribution is -2.44. The van der Waals surface area contributed by atoms with Crippen molar-refractivity contribution in [1.29, 1.82) is 0 Å². The highest BCUT2D eigenvalue weighted by atomic mass is 35.5. The molecule has 0 saturated heterocycles. The molecule has 6 rings (SSSR count). The van der Waals surface area contributed by atoms with Gasteiger partial charge in [0, 0.05) is 22.6 Å². The summed E-state index contributed by atoms with van der Waals surface area (Å²) < 4.78 is 21.1. The molecule has 0 radical (unpaired) electrons. The summed E-state index contributed by atoms with van der Waals surface area (Å²) in [7, 11) is 0. The Morgan fingerprint density at radius 2 is 2.05 bits per heavy atom. The van der Waals surface area contributed by atoms with Gasteiger partial charge in [-0.25, -0.2) is 14.2 Å². The molecular weight excluding hydrogens is 517 g/mol. The normalized spacial score (nSPS) is 21.4. The van der Waals surface area contributed by atoms with Gasteiger partial charge in [-0.2, -0.15) is 0 Å². The number of aliphatic hydroxyl groups is 2. The number of aromatic nitrogens is 2. The highest BCUT2D eigenvalue weighted by Gasteiger charge is 2.45. The number of rotatable bonds is 5. The number of carbonyl (C=O) groups is 2. The highest BCUT2D eigenvalue weighted by Crippen LogP contribution is 2.42. The van der Waals surface area contributed by atoms with Crippen molar-refractivity contribution in [2.45, 2.75) is 64.0 Å². The molecule has 0 spiro atoms. The number of hydrogen-bond acceptors (Lipinski definition) is 7. The van der Waals surface area contributed by atoms with Gasteiger partial charge in [-0.1, -0.05) is 18.5 Å². The van der Waals surface area contributed by atoms with E-state index in [-0.39, 0.29) is 47.2 Å². The first-order valence-electron chi connectivity index (χ1n) is 12.5. The Morgan fingerprint density at radius 1 is 1.32 bits per heavy atom. The zero-order valence-electron chi connectivity index (χ0n) is 20.7. The van der Waals surface area contributed by atoms with Gasteiger partial charge >= 0.3 is 5.97 Å². The summed E-state index contributed by atoms with van der Waals surface area (Å²) in [4.78, 5) is 43.4. The molecule has 1 aromatic carbocycles. The number of nitrogens with one attached hydrogen (secondary N) is 1. The lowest BCUT2D eigenvalue weighted by Gasteiger charge is -2.31. The van der Waals surface area contributed by atoms with Crippen molar-refractivity contribution in [3.8, 4) is 11.4 Å². The lowest BCUT2D eigenvalue weighted by molar-refractivity contribution is -0.172. The van der Waals surface area contributed by atoms with E-state index in [1.807, 2.05) is 0 Å². The van der Waals surface area contributed by atoms with Gasteiger partial charge < -0.3 is 24.8 Å². The number of hydrogen-bond donors (Lipinski definition) is 3. The number of esters is 1. The monoisotopic (exact) mass is 541 g/mol. The van der Waals surface area contributed by atoms with Crippen LogP contribution in [0.3, 0.4) is 0 Å². The molecule has 1 fully saturated rings. The Kier molecular flexibility index (Phi) is 5.64. The summed E-state index contributed by atoms with van der Waals surface area (Å²) in [5, 5.41) is 24.7. The second-order valence-electron chi connectivity index (χ2n) is 10.3. The predicted molar refractivity (Wildman–Crippen MR) is 135 cm³/mol. The van der Waals surface area contributed by atoms with E-state index in [1.54, 1.807) is 19.9 Å². The molecule has 0 unspecified atom stereocenters. The van der Waals surface area contributed by atoms with E-state index in [9.17, 15) is 29.0 Å². The highest BCUT2D eigenvalue weighted by molar-refractivity contribution is 6.31. The van der Waals surface area contributed by atoms with Gasteiger partial charge in [0.15, 0.2) is 5.60 Å². The van der Waals surface area contributed by atoms with Gasteiger partial charge in [-0.05, 0) is 49.8 Å². The van der Waals surface area contributed by atoms with Crippen molar-refractivity contribution in [3.05, 3.63) is 61.6 Å². The fraction of sp³-hybridized carbons (Fsp3) is 0.407. The molecule has 9 nitrogen and oxygen atoms in total. The quantitative estimate of drug-likeness (QED) is 0.331. The third kappa shape index (κ3) is 3.58. The largest absolute Gasteiger partial charge is 0.458 e.